The number of aryl methyl sites for hydroxylation is 1. The third kappa shape index (κ3) is 4.52. The molecule has 0 fully saturated rings. The summed E-state index contributed by atoms with van der Waals surface area (Å²) in [5, 5.41) is 5.95. The molecule has 2 amide bonds. The fourth-order valence-corrected chi connectivity index (χ4v) is 3.37. The van der Waals surface area contributed by atoms with Gasteiger partial charge in [-0.1, -0.05) is 18.2 Å². The van der Waals surface area contributed by atoms with Crippen molar-refractivity contribution >= 4 is 6.03 Å². The second kappa shape index (κ2) is 8.61. The number of fused-ring (bicyclic) bond motifs is 1. The van der Waals surface area contributed by atoms with Gasteiger partial charge in [0.05, 0.1) is 18.0 Å². The quantitative estimate of drug-likeness (QED) is 0.677. The van der Waals surface area contributed by atoms with Gasteiger partial charge in [-0.3, -0.25) is 4.98 Å². The number of carbonyl (C=O) groups excluding carboxylic acids is 1. The summed E-state index contributed by atoms with van der Waals surface area (Å²) in [6, 6.07) is 15.2. The van der Waals surface area contributed by atoms with E-state index >= 15 is 0 Å². The van der Waals surface area contributed by atoms with Gasteiger partial charge in [0.1, 0.15) is 18.1 Å². The van der Waals surface area contributed by atoms with E-state index in [-0.39, 0.29) is 12.1 Å². The molecule has 1 aromatic carbocycles. The molecule has 3 aromatic rings. The Bertz CT molecular complexity index is 906. The number of benzene rings is 1. The summed E-state index contributed by atoms with van der Waals surface area (Å²) in [5.74, 6) is 1.76. The monoisotopic (exact) mass is 377 g/mol. The average molecular weight is 377 g/mol. The Morgan fingerprint density at radius 3 is 2.89 bits per heavy atom. The van der Waals surface area contributed by atoms with Crippen LogP contribution in [0.25, 0.3) is 0 Å². The van der Waals surface area contributed by atoms with E-state index in [0.29, 0.717) is 13.2 Å². The number of amides is 2. The second-order valence-corrected chi connectivity index (χ2v) is 6.82. The Hall–Kier alpha value is -3.28. The van der Waals surface area contributed by atoms with Crippen molar-refractivity contribution in [2.45, 2.75) is 38.5 Å². The minimum Gasteiger partial charge on any atom is -0.487 e. The predicted molar refractivity (Wildman–Crippen MR) is 105 cm³/mol. The number of rotatable bonds is 6. The molecule has 0 saturated heterocycles. The fraction of sp³-hybridized carbons (Fsp3) is 0.273. The molecule has 1 aliphatic rings. The summed E-state index contributed by atoms with van der Waals surface area (Å²) in [6.07, 6.45) is 6.34. The molecule has 0 spiro atoms. The highest BCUT2D eigenvalue weighted by atomic mass is 16.5. The highest BCUT2D eigenvalue weighted by Gasteiger charge is 2.23. The van der Waals surface area contributed by atoms with Gasteiger partial charge in [-0.25, -0.2) is 4.79 Å². The molecule has 0 radical (unpaired) electrons. The van der Waals surface area contributed by atoms with Gasteiger partial charge in [0, 0.05) is 24.7 Å². The van der Waals surface area contributed by atoms with Gasteiger partial charge in [-0.15, -0.1) is 0 Å². The maximum Gasteiger partial charge on any atom is 0.315 e. The molecule has 0 saturated carbocycles. The van der Waals surface area contributed by atoms with Gasteiger partial charge in [0.2, 0.25) is 0 Å². The van der Waals surface area contributed by atoms with E-state index < -0.39 is 0 Å². The van der Waals surface area contributed by atoms with Crippen molar-refractivity contribution in [3.8, 4) is 5.75 Å². The number of nitrogens with zero attached hydrogens (tertiary/aromatic N) is 1. The third-order valence-electron chi connectivity index (χ3n) is 4.85. The van der Waals surface area contributed by atoms with Crippen LogP contribution in [0.2, 0.25) is 0 Å². The predicted octanol–water partition coefficient (Wildman–Crippen LogP) is 4.13. The molecule has 28 heavy (non-hydrogen) atoms. The second-order valence-electron chi connectivity index (χ2n) is 6.82. The Kier molecular flexibility index (Phi) is 5.56. The van der Waals surface area contributed by atoms with Crippen molar-refractivity contribution in [2.24, 2.45) is 0 Å². The lowest BCUT2D eigenvalue weighted by Crippen LogP contribution is -2.38. The molecule has 2 heterocycles. The van der Waals surface area contributed by atoms with Crippen LogP contribution in [0.1, 0.15) is 41.5 Å². The summed E-state index contributed by atoms with van der Waals surface area (Å²) in [5.41, 5.74) is 2.98. The molecular weight excluding hydrogens is 354 g/mol. The van der Waals surface area contributed by atoms with Gasteiger partial charge in [0.25, 0.3) is 0 Å². The minimum absolute atomic E-state index is 0.0184. The van der Waals surface area contributed by atoms with E-state index in [1.807, 2.05) is 48.5 Å². The topological polar surface area (TPSA) is 76.4 Å². The van der Waals surface area contributed by atoms with Gasteiger partial charge < -0.3 is 19.8 Å². The molecule has 1 atom stereocenters. The van der Waals surface area contributed by atoms with E-state index in [2.05, 4.69) is 15.6 Å². The van der Waals surface area contributed by atoms with Crippen molar-refractivity contribution in [1.82, 2.24) is 15.6 Å². The largest absolute Gasteiger partial charge is 0.487 e. The number of furan rings is 1. The summed E-state index contributed by atoms with van der Waals surface area (Å²) < 4.78 is 11.2. The Morgan fingerprint density at radius 1 is 1.18 bits per heavy atom. The van der Waals surface area contributed by atoms with Crippen molar-refractivity contribution in [1.29, 1.82) is 0 Å². The SMILES string of the molecule is O=C(NCc1ccc(OCc2ccccn2)cc1)NC1CCCc2occc21. The summed E-state index contributed by atoms with van der Waals surface area (Å²) >= 11 is 0. The lowest BCUT2D eigenvalue weighted by Gasteiger charge is -2.22. The number of aromatic nitrogens is 1. The van der Waals surface area contributed by atoms with Crippen molar-refractivity contribution < 1.29 is 13.9 Å². The van der Waals surface area contributed by atoms with E-state index in [1.165, 1.54) is 0 Å². The van der Waals surface area contributed by atoms with E-state index in [0.717, 1.165) is 47.6 Å². The molecule has 144 valence electrons. The van der Waals surface area contributed by atoms with Gasteiger partial charge in [0.15, 0.2) is 0 Å². The third-order valence-corrected chi connectivity index (χ3v) is 4.85. The van der Waals surface area contributed by atoms with Gasteiger partial charge in [-0.2, -0.15) is 0 Å². The van der Waals surface area contributed by atoms with Crippen LogP contribution in [0.4, 0.5) is 4.79 Å². The van der Waals surface area contributed by atoms with E-state index in [4.69, 9.17) is 9.15 Å². The molecule has 0 bridgehead atoms. The standard InChI is InChI=1S/C22H23N3O3/c26-22(25-20-5-3-6-21-19(20)11-13-27-21)24-14-16-7-9-18(10-8-16)28-15-17-4-1-2-12-23-17/h1-2,4,7-13,20H,3,5-6,14-15H2,(H2,24,25,26). The number of hydrogen-bond acceptors (Lipinski definition) is 4. The molecule has 4 rings (SSSR count). The normalized spacial score (nSPS) is 15.5. The lowest BCUT2D eigenvalue weighted by atomic mass is 9.93. The Labute approximate surface area is 163 Å². The maximum atomic E-state index is 12.3. The number of hydrogen-bond donors (Lipinski definition) is 2. The minimum atomic E-state index is -0.172. The number of pyridine rings is 1. The van der Waals surface area contributed by atoms with Crippen molar-refractivity contribution in [2.75, 3.05) is 0 Å². The van der Waals surface area contributed by atoms with Crippen LogP contribution >= 0.6 is 0 Å². The maximum absolute atomic E-state index is 12.3. The smallest absolute Gasteiger partial charge is 0.315 e. The summed E-state index contributed by atoms with van der Waals surface area (Å²) in [6.45, 7) is 0.884. The van der Waals surface area contributed by atoms with E-state index in [9.17, 15) is 4.79 Å². The highest BCUT2D eigenvalue weighted by Crippen LogP contribution is 2.30. The fourth-order valence-electron chi connectivity index (χ4n) is 3.37. The molecule has 0 aliphatic heterocycles. The zero-order valence-corrected chi connectivity index (χ0v) is 15.6. The zero-order valence-electron chi connectivity index (χ0n) is 15.6. The van der Waals surface area contributed by atoms with Crippen LogP contribution in [0.5, 0.6) is 5.75 Å². The molecule has 2 aromatic heterocycles. The Morgan fingerprint density at radius 2 is 2.07 bits per heavy atom. The molecule has 6 nitrogen and oxygen atoms in total. The first kappa shape index (κ1) is 18.1. The molecule has 2 N–H and O–H groups in total. The highest BCUT2D eigenvalue weighted by molar-refractivity contribution is 5.74. The first-order chi connectivity index (χ1) is 13.8. The summed E-state index contributed by atoms with van der Waals surface area (Å²) in [4.78, 5) is 16.5. The van der Waals surface area contributed by atoms with Crippen molar-refractivity contribution in [3.63, 3.8) is 0 Å². The Balaban J connectivity index is 1.24. The van der Waals surface area contributed by atoms with Gasteiger partial charge in [-0.05, 0) is 48.7 Å². The molecular formula is C22H23N3O3. The molecule has 1 unspecified atom stereocenters. The van der Waals surface area contributed by atoms with Crippen LogP contribution in [-0.4, -0.2) is 11.0 Å². The number of nitrogens with one attached hydrogen (secondary N) is 2. The van der Waals surface area contributed by atoms with Crippen LogP contribution in [0, 0.1) is 0 Å². The number of ether oxygens (including phenoxy) is 1. The van der Waals surface area contributed by atoms with Crippen LogP contribution in [0.3, 0.4) is 0 Å². The average Bonchev–Trinajstić information content (AvgIpc) is 3.22. The molecule has 1 aliphatic carbocycles. The van der Waals surface area contributed by atoms with Crippen LogP contribution < -0.4 is 15.4 Å². The van der Waals surface area contributed by atoms with Crippen LogP contribution in [0.15, 0.2) is 65.4 Å². The number of carbonyl (C=O) groups is 1. The molecule has 6 heteroatoms. The lowest BCUT2D eigenvalue weighted by molar-refractivity contribution is 0.234. The van der Waals surface area contributed by atoms with Crippen LogP contribution in [-0.2, 0) is 19.6 Å². The summed E-state index contributed by atoms with van der Waals surface area (Å²) in [7, 11) is 0. The van der Waals surface area contributed by atoms with Gasteiger partial charge >= 0.3 is 6.03 Å². The first-order valence-corrected chi connectivity index (χ1v) is 9.50. The first-order valence-electron chi connectivity index (χ1n) is 9.50. The number of urea groups is 1. The zero-order chi connectivity index (χ0) is 19.2. The van der Waals surface area contributed by atoms with Crippen molar-refractivity contribution in [3.05, 3.63) is 83.6 Å². The van der Waals surface area contributed by atoms with E-state index in [1.54, 1.807) is 12.5 Å².